The van der Waals surface area contributed by atoms with E-state index in [0.717, 1.165) is 0 Å². The summed E-state index contributed by atoms with van der Waals surface area (Å²) in [6.45, 7) is -5.10. The first kappa shape index (κ1) is 4.95. The smallest absolute Gasteiger partial charge is 0.125 e. The molecule has 0 heterocycles. The van der Waals surface area contributed by atoms with Gasteiger partial charge in [0, 0.05) is 16.0 Å². The summed E-state index contributed by atoms with van der Waals surface area (Å²) < 4.78 is 101. The van der Waals surface area contributed by atoms with Gasteiger partial charge in [-0.1, -0.05) is 48.5 Å². The van der Waals surface area contributed by atoms with Crippen LogP contribution in [0.4, 0.5) is 0 Å². The average Bonchev–Trinajstić information content (AvgIpc) is 2.66. The van der Waals surface area contributed by atoms with Crippen LogP contribution in [0.1, 0.15) is 40.0 Å². The molecular weight excluding hydrogens is 234 g/mol. The van der Waals surface area contributed by atoms with Gasteiger partial charge in [-0.15, -0.1) is 0 Å². The van der Waals surface area contributed by atoms with Crippen molar-refractivity contribution in [3.63, 3.8) is 0 Å². The summed E-state index contributed by atoms with van der Waals surface area (Å²) in [7, 11) is 0. The lowest BCUT2D eigenvalue weighted by Gasteiger charge is -2.20. The fourth-order valence-electron chi connectivity index (χ4n) is 1.40. The van der Waals surface area contributed by atoms with Crippen LogP contribution in [-0.2, 0) is 0 Å². The van der Waals surface area contributed by atoms with Crippen LogP contribution in [0.3, 0.4) is 0 Å². The van der Waals surface area contributed by atoms with Crippen LogP contribution < -0.4 is 10.1 Å². The minimum absolute atomic E-state index is 0.112. The van der Waals surface area contributed by atoms with E-state index in [-0.39, 0.29) is 11.1 Å². The topological polar surface area (TPSA) is 21.3 Å². The van der Waals surface area contributed by atoms with Gasteiger partial charge in [0.1, 0.15) is 11.8 Å². The van der Waals surface area contributed by atoms with Crippen LogP contribution in [0.15, 0.2) is 54.5 Å². The van der Waals surface area contributed by atoms with Crippen LogP contribution in [0.5, 0.6) is 5.75 Å². The summed E-state index contributed by atoms with van der Waals surface area (Å²) in [6.07, 6.45) is -6.31. The van der Waals surface area contributed by atoms with Crippen LogP contribution in [-0.4, -0.2) is 13.5 Å². The van der Waals surface area contributed by atoms with Crippen LogP contribution in [0.2, 0.25) is 0 Å². The van der Waals surface area contributed by atoms with Crippen molar-refractivity contribution in [3.8, 4) is 5.75 Å². The van der Waals surface area contributed by atoms with Crippen molar-refractivity contribution < 1.29 is 21.2 Å². The van der Waals surface area contributed by atoms with Crippen molar-refractivity contribution in [2.75, 3.05) is 13.5 Å². The third-order valence-corrected chi connectivity index (χ3v) is 2.31. The predicted molar refractivity (Wildman–Crippen MR) is 79.5 cm³/mol. The maximum Gasteiger partial charge on any atom is 0.125 e. The molecule has 0 saturated heterocycles. The largest absolute Gasteiger partial charge is 0.485 e. The molecule has 0 aromatic heterocycles. The number of nitrogens with one attached hydrogen (secondary N) is 1. The molecule has 100 valence electrons. The average molecular weight is 267 g/mol. The monoisotopic (exact) mass is 267 g/mol. The highest BCUT2D eigenvalue weighted by atomic mass is 16.5. The molecule has 0 radical (unpaired) electrons. The van der Waals surface area contributed by atoms with E-state index >= 15 is 0 Å². The summed E-state index contributed by atoms with van der Waals surface area (Å²) >= 11 is 0. The van der Waals surface area contributed by atoms with Gasteiger partial charge in [-0.25, -0.2) is 0 Å². The normalized spacial score (nSPS) is 25.1. The van der Waals surface area contributed by atoms with E-state index in [1.165, 1.54) is 31.2 Å². The van der Waals surface area contributed by atoms with Crippen LogP contribution >= 0.6 is 0 Å². The molecule has 2 heteroatoms. The highest BCUT2D eigenvalue weighted by molar-refractivity contribution is 5.33. The first-order valence-electron chi connectivity index (χ1n) is 11.6. The Labute approximate surface area is 132 Å². The predicted octanol–water partition coefficient (Wildman–Crippen LogP) is 3.72. The molecule has 2 aromatic rings. The molecule has 2 aromatic carbocycles. The fourth-order valence-corrected chi connectivity index (χ4v) is 1.40. The number of rotatable bonds is 6. The molecule has 2 nitrogen and oxygen atoms in total. The zero-order valence-corrected chi connectivity index (χ0v) is 10.3. The van der Waals surface area contributed by atoms with E-state index in [2.05, 4.69) is 0 Å². The van der Waals surface area contributed by atoms with E-state index in [0.29, 0.717) is 0 Å². The van der Waals surface area contributed by atoms with Crippen molar-refractivity contribution in [2.45, 2.75) is 19.4 Å². The molecule has 0 fully saturated rings. The third kappa shape index (κ3) is 3.83. The lowest BCUT2D eigenvalue weighted by atomic mass is 10.1. The molecule has 1 atom stereocenters. The Kier molecular flexibility index (Phi) is 1.81. The first-order chi connectivity index (χ1) is 14.0. The number of ether oxygens (including phenoxy) is 1. The van der Waals surface area contributed by atoms with Gasteiger partial charge < -0.3 is 10.1 Å². The Hall–Kier alpha value is -1.80. The SMILES string of the molecule is [2H]c1c([2H])c([2H])c(OC([2H])(c2ccccc2)C([2H])([2H])C([2H])([2H])NC([2H])([2H])[2H])c(C)c1[2H]. The highest BCUT2D eigenvalue weighted by Crippen LogP contribution is 2.26. The number of hydrogen-bond acceptors (Lipinski definition) is 2. The molecule has 19 heavy (non-hydrogen) atoms. The second-order valence-corrected chi connectivity index (χ2v) is 3.63. The Morgan fingerprint density at radius 3 is 2.95 bits per heavy atom. The van der Waals surface area contributed by atoms with Crippen molar-refractivity contribution in [3.05, 3.63) is 65.6 Å². The van der Waals surface area contributed by atoms with Gasteiger partial charge in [-0.05, 0) is 37.6 Å². The Morgan fingerprint density at radius 2 is 2.16 bits per heavy atom. The summed E-state index contributed by atoms with van der Waals surface area (Å²) in [6, 6.07) is 4.64. The quantitative estimate of drug-likeness (QED) is 0.861. The molecule has 1 unspecified atom stereocenters. The third-order valence-electron chi connectivity index (χ3n) is 2.31. The van der Waals surface area contributed by atoms with Gasteiger partial charge >= 0.3 is 0 Å². The molecule has 0 aliphatic rings. The van der Waals surface area contributed by atoms with Crippen molar-refractivity contribution in [2.24, 2.45) is 0 Å². The molecule has 1 N–H and O–H groups in total. The number of hydrogen-bond donors (Lipinski definition) is 1. The van der Waals surface area contributed by atoms with Gasteiger partial charge in [-0.3, -0.25) is 0 Å². The van der Waals surface area contributed by atoms with Crippen LogP contribution in [0.25, 0.3) is 0 Å². The Bertz CT molecular complexity index is 931. The summed E-state index contributed by atoms with van der Waals surface area (Å²) in [4.78, 5) is 0. The van der Waals surface area contributed by atoms with E-state index in [9.17, 15) is 0 Å². The fraction of sp³-hybridized carbons (Fsp3) is 0.294. The summed E-state index contributed by atoms with van der Waals surface area (Å²) in [5.41, 5.74) is -0.304. The second kappa shape index (κ2) is 6.95. The number of para-hydroxylation sites is 1. The van der Waals surface area contributed by atoms with Gasteiger partial charge in [-0.2, -0.15) is 0 Å². The molecule has 0 bridgehead atoms. The zero-order valence-electron chi connectivity index (χ0n) is 22.3. The van der Waals surface area contributed by atoms with Gasteiger partial charge in [0.15, 0.2) is 0 Å². The van der Waals surface area contributed by atoms with E-state index in [1.54, 1.807) is 11.4 Å². The maximum absolute atomic E-state index is 8.84. The van der Waals surface area contributed by atoms with Gasteiger partial charge in [0.05, 0.1) is 6.85 Å². The molecule has 0 spiro atoms. The van der Waals surface area contributed by atoms with Crippen molar-refractivity contribution in [1.82, 2.24) is 5.32 Å². The molecule has 0 amide bonds. The van der Waals surface area contributed by atoms with Gasteiger partial charge in [0.2, 0.25) is 0 Å². The van der Waals surface area contributed by atoms with Gasteiger partial charge in [0.25, 0.3) is 0 Å². The molecule has 0 aliphatic carbocycles. The van der Waals surface area contributed by atoms with E-state index < -0.39 is 55.8 Å². The summed E-state index contributed by atoms with van der Waals surface area (Å²) in [5, 5.41) is 1.57. The lowest BCUT2D eigenvalue weighted by molar-refractivity contribution is 0.193. The first-order valence-corrected chi connectivity index (χ1v) is 5.57. The molecule has 0 saturated carbocycles. The standard InChI is InChI=1S/C17H21NO/c1-14-8-6-7-11-16(14)19-17(12-13-18-2)15-9-4-3-5-10-15/h3-11,17-18H,12-13H2,1-2H3/i2D3,6D,7D,8D,11D,12D2,13D2,17D. The second-order valence-electron chi connectivity index (χ2n) is 3.63. The minimum atomic E-state index is -3.36. The highest BCUT2D eigenvalue weighted by Gasteiger charge is 2.13. The molecule has 2 rings (SSSR count). The molecular formula is C17H21NO. The zero-order chi connectivity index (χ0) is 24.0. The number of benzene rings is 2. The lowest BCUT2D eigenvalue weighted by Crippen LogP contribution is -2.16. The maximum atomic E-state index is 8.84. The van der Waals surface area contributed by atoms with Crippen molar-refractivity contribution >= 4 is 0 Å². The van der Waals surface area contributed by atoms with E-state index in [1.807, 2.05) is 0 Å². The van der Waals surface area contributed by atoms with Crippen molar-refractivity contribution in [1.29, 1.82) is 0 Å². The van der Waals surface area contributed by atoms with Crippen LogP contribution in [0, 0.1) is 6.92 Å². The summed E-state index contributed by atoms with van der Waals surface area (Å²) in [5.74, 6) is -0.543. The Balaban J connectivity index is 2.77. The Morgan fingerprint density at radius 1 is 1.37 bits per heavy atom. The van der Waals surface area contributed by atoms with E-state index in [4.69, 9.17) is 21.2 Å². The minimum Gasteiger partial charge on any atom is -0.485 e. The molecule has 0 aliphatic heterocycles.